The molecular formula is C11H21N5O. The Bertz CT molecular complexity index is 360. The van der Waals surface area contributed by atoms with E-state index in [0.717, 1.165) is 31.8 Å². The zero-order valence-corrected chi connectivity index (χ0v) is 10.5. The Morgan fingerprint density at radius 2 is 2.35 bits per heavy atom. The third-order valence-electron chi connectivity index (χ3n) is 2.63. The fourth-order valence-electron chi connectivity index (χ4n) is 1.74. The van der Waals surface area contributed by atoms with Crippen molar-refractivity contribution in [1.29, 1.82) is 0 Å². The van der Waals surface area contributed by atoms with E-state index in [1.165, 1.54) is 0 Å². The third kappa shape index (κ3) is 4.44. The van der Waals surface area contributed by atoms with E-state index in [-0.39, 0.29) is 5.84 Å². The summed E-state index contributed by atoms with van der Waals surface area (Å²) in [5.74, 6) is 1.30. The molecule has 17 heavy (non-hydrogen) atoms. The lowest BCUT2D eigenvalue weighted by atomic mass is 10.3. The number of hydrogen-bond donors (Lipinski definition) is 2. The molecule has 0 aliphatic carbocycles. The van der Waals surface area contributed by atoms with E-state index in [9.17, 15) is 0 Å². The number of aromatic nitrogens is 2. The van der Waals surface area contributed by atoms with E-state index in [0.29, 0.717) is 6.54 Å². The van der Waals surface area contributed by atoms with Crippen LogP contribution in [0.4, 0.5) is 0 Å². The lowest BCUT2D eigenvalue weighted by Gasteiger charge is -2.20. The highest BCUT2D eigenvalue weighted by atomic mass is 16.4. The van der Waals surface area contributed by atoms with Gasteiger partial charge in [-0.3, -0.25) is 4.90 Å². The van der Waals surface area contributed by atoms with Crippen molar-refractivity contribution in [2.75, 3.05) is 19.6 Å². The van der Waals surface area contributed by atoms with Crippen LogP contribution in [-0.4, -0.2) is 45.1 Å². The number of aryl methyl sites for hydroxylation is 1. The van der Waals surface area contributed by atoms with Crippen molar-refractivity contribution >= 4 is 5.84 Å². The molecular weight excluding hydrogens is 218 g/mol. The van der Waals surface area contributed by atoms with Crippen LogP contribution in [0, 0.1) is 0 Å². The average molecular weight is 239 g/mol. The van der Waals surface area contributed by atoms with E-state index >= 15 is 0 Å². The second-order valence-electron chi connectivity index (χ2n) is 4.07. The summed E-state index contributed by atoms with van der Waals surface area (Å²) in [6.45, 7) is 4.39. The number of nitrogens with two attached hydrogens (primary N) is 1. The fraction of sp³-hybridized carbons (Fsp3) is 0.636. The Kier molecular flexibility index (Phi) is 5.48. The Morgan fingerprint density at radius 3 is 2.88 bits per heavy atom. The van der Waals surface area contributed by atoms with E-state index in [1.807, 2.05) is 17.8 Å². The van der Waals surface area contributed by atoms with Gasteiger partial charge in [0.25, 0.3) is 0 Å². The first-order valence-corrected chi connectivity index (χ1v) is 5.82. The van der Waals surface area contributed by atoms with Crippen LogP contribution in [0.2, 0.25) is 0 Å². The van der Waals surface area contributed by atoms with Crippen molar-refractivity contribution in [3.05, 3.63) is 18.2 Å². The van der Waals surface area contributed by atoms with Gasteiger partial charge in [-0.2, -0.15) is 0 Å². The molecule has 6 heteroatoms. The standard InChI is InChI=1S/C11H21N5O/c1-3-6-16(9-10(12)14-17)7-4-11-13-5-8-15(11)2/h5,8,17H,3-4,6-7,9H2,1-2H3,(H2,12,14). The highest BCUT2D eigenvalue weighted by Crippen LogP contribution is 1.99. The SMILES string of the molecule is CCCN(CCc1nccn1C)C/C(N)=N/O. The summed E-state index contributed by atoms with van der Waals surface area (Å²) < 4.78 is 2.01. The predicted octanol–water partition coefficient (Wildman–Crippen LogP) is 0.421. The van der Waals surface area contributed by atoms with E-state index in [4.69, 9.17) is 10.9 Å². The highest BCUT2D eigenvalue weighted by Gasteiger charge is 2.08. The second-order valence-corrected chi connectivity index (χ2v) is 4.07. The molecule has 0 aliphatic heterocycles. The van der Waals surface area contributed by atoms with Crippen LogP contribution in [0.15, 0.2) is 17.5 Å². The van der Waals surface area contributed by atoms with Crippen molar-refractivity contribution in [1.82, 2.24) is 14.5 Å². The van der Waals surface area contributed by atoms with Crippen LogP contribution in [0.5, 0.6) is 0 Å². The van der Waals surface area contributed by atoms with Crippen molar-refractivity contribution in [2.45, 2.75) is 19.8 Å². The molecule has 1 rings (SSSR count). The first-order chi connectivity index (χ1) is 8.17. The number of oxime groups is 1. The zero-order valence-electron chi connectivity index (χ0n) is 10.5. The monoisotopic (exact) mass is 239 g/mol. The van der Waals surface area contributed by atoms with Gasteiger partial charge in [0.15, 0.2) is 5.84 Å². The van der Waals surface area contributed by atoms with Gasteiger partial charge in [-0.15, -0.1) is 0 Å². The normalized spacial score (nSPS) is 12.3. The molecule has 0 bridgehead atoms. The van der Waals surface area contributed by atoms with Crippen molar-refractivity contribution in [2.24, 2.45) is 17.9 Å². The highest BCUT2D eigenvalue weighted by molar-refractivity contribution is 5.81. The number of rotatable bonds is 7. The Labute approximate surface area is 102 Å². The Balaban J connectivity index is 2.47. The average Bonchev–Trinajstić information content (AvgIpc) is 2.72. The molecule has 0 saturated carbocycles. The predicted molar refractivity (Wildman–Crippen MR) is 67.1 cm³/mol. The maximum Gasteiger partial charge on any atom is 0.153 e. The summed E-state index contributed by atoms with van der Waals surface area (Å²) in [6, 6.07) is 0. The molecule has 0 aliphatic rings. The van der Waals surface area contributed by atoms with Gasteiger partial charge in [0.05, 0.1) is 6.54 Å². The summed E-state index contributed by atoms with van der Waals surface area (Å²) in [7, 11) is 1.98. The van der Waals surface area contributed by atoms with Gasteiger partial charge < -0.3 is 15.5 Å². The minimum absolute atomic E-state index is 0.248. The lowest BCUT2D eigenvalue weighted by molar-refractivity contribution is 0.291. The molecule has 0 spiro atoms. The van der Waals surface area contributed by atoms with Crippen molar-refractivity contribution < 1.29 is 5.21 Å². The van der Waals surface area contributed by atoms with Crippen LogP contribution < -0.4 is 5.73 Å². The zero-order chi connectivity index (χ0) is 12.7. The lowest BCUT2D eigenvalue weighted by Crippen LogP contribution is -2.36. The van der Waals surface area contributed by atoms with Gasteiger partial charge in [0.2, 0.25) is 0 Å². The van der Waals surface area contributed by atoms with Crippen LogP contribution in [0.25, 0.3) is 0 Å². The minimum atomic E-state index is 0.248. The molecule has 3 N–H and O–H groups in total. The molecule has 0 saturated heterocycles. The quantitative estimate of drug-likeness (QED) is 0.313. The largest absolute Gasteiger partial charge is 0.409 e. The molecule has 0 aromatic carbocycles. The number of nitrogens with zero attached hydrogens (tertiary/aromatic N) is 4. The molecule has 96 valence electrons. The Morgan fingerprint density at radius 1 is 1.59 bits per heavy atom. The summed E-state index contributed by atoms with van der Waals surface area (Å²) in [5.41, 5.74) is 5.52. The molecule has 0 unspecified atom stereocenters. The molecule has 6 nitrogen and oxygen atoms in total. The van der Waals surface area contributed by atoms with E-state index < -0.39 is 0 Å². The maximum absolute atomic E-state index is 8.57. The van der Waals surface area contributed by atoms with Crippen molar-refractivity contribution in [3.8, 4) is 0 Å². The first kappa shape index (κ1) is 13.5. The van der Waals surface area contributed by atoms with Crippen LogP contribution in [-0.2, 0) is 13.5 Å². The topological polar surface area (TPSA) is 79.7 Å². The molecule has 0 radical (unpaired) electrons. The van der Waals surface area contributed by atoms with Gasteiger partial charge in [-0.05, 0) is 13.0 Å². The van der Waals surface area contributed by atoms with Gasteiger partial charge in [-0.25, -0.2) is 4.98 Å². The van der Waals surface area contributed by atoms with Gasteiger partial charge in [0, 0.05) is 32.4 Å². The molecule has 1 aromatic rings. The van der Waals surface area contributed by atoms with E-state index in [1.54, 1.807) is 6.20 Å². The van der Waals surface area contributed by atoms with Crippen LogP contribution in [0.3, 0.4) is 0 Å². The fourth-order valence-corrected chi connectivity index (χ4v) is 1.74. The van der Waals surface area contributed by atoms with Crippen LogP contribution in [0.1, 0.15) is 19.2 Å². The molecule has 0 atom stereocenters. The summed E-state index contributed by atoms with van der Waals surface area (Å²) in [6.07, 6.45) is 5.63. The van der Waals surface area contributed by atoms with Crippen molar-refractivity contribution in [3.63, 3.8) is 0 Å². The smallest absolute Gasteiger partial charge is 0.153 e. The molecule has 1 aromatic heterocycles. The van der Waals surface area contributed by atoms with E-state index in [2.05, 4.69) is 22.0 Å². The second kappa shape index (κ2) is 6.90. The summed E-state index contributed by atoms with van der Waals surface area (Å²) in [4.78, 5) is 6.43. The summed E-state index contributed by atoms with van der Waals surface area (Å²) >= 11 is 0. The minimum Gasteiger partial charge on any atom is -0.409 e. The Hall–Kier alpha value is -1.56. The molecule has 1 heterocycles. The molecule has 0 amide bonds. The van der Waals surface area contributed by atoms with Crippen LogP contribution >= 0.6 is 0 Å². The summed E-state index contributed by atoms with van der Waals surface area (Å²) in [5, 5.41) is 11.6. The third-order valence-corrected chi connectivity index (χ3v) is 2.63. The first-order valence-electron chi connectivity index (χ1n) is 5.82. The molecule has 0 fully saturated rings. The van der Waals surface area contributed by atoms with Gasteiger partial charge in [0.1, 0.15) is 5.82 Å². The number of imidazole rings is 1. The van der Waals surface area contributed by atoms with Gasteiger partial charge >= 0.3 is 0 Å². The number of hydrogen-bond acceptors (Lipinski definition) is 4. The maximum atomic E-state index is 8.57. The van der Waals surface area contributed by atoms with Gasteiger partial charge in [-0.1, -0.05) is 12.1 Å². The number of amidine groups is 1.